The highest BCUT2D eigenvalue weighted by atomic mass is 19.1. The van der Waals surface area contributed by atoms with Gasteiger partial charge in [-0.05, 0) is 62.2 Å². The molecule has 0 saturated carbocycles. The lowest BCUT2D eigenvalue weighted by atomic mass is 10.0. The average molecular weight is 641 g/mol. The van der Waals surface area contributed by atoms with E-state index in [0.29, 0.717) is 16.9 Å². The number of piperazine rings is 1. The number of nitrogens with two attached hydrogens (primary N) is 1. The van der Waals surface area contributed by atoms with Crippen LogP contribution in [0.25, 0.3) is 11.3 Å². The highest BCUT2D eigenvalue weighted by molar-refractivity contribution is 6.02. The Morgan fingerprint density at radius 2 is 1.66 bits per heavy atom. The molecular weight excluding hydrogens is 599 g/mol. The number of carbonyl (C=O) groups is 2. The van der Waals surface area contributed by atoms with Crippen LogP contribution >= 0.6 is 0 Å². The largest absolute Gasteiger partial charge is 0.382 e. The molecular formula is C34H41FN10O2. The van der Waals surface area contributed by atoms with Crippen LogP contribution in [0.3, 0.4) is 0 Å². The van der Waals surface area contributed by atoms with Crippen molar-refractivity contribution in [3.63, 3.8) is 0 Å². The number of amides is 2. The van der Waals surface area contributed by atoms with Gasteiger partial charge in [0.2, 0.25) is 0 Å². The van der Waals surface area contributed by atoms with Crippen molar-refractivity contribution in [2.75, 3.05) is 63.4 Å². The molecule has 1 atom stereocenters. The summed E-state index contributed by atoms with van der Waals surface area (Å²) >= 11 is 0. The Kier molecular flexibility index (Phi) is 10.5. The number of hydrogen-bond acceptors (Lipinski definition) is 9. The molecule has 4 heterocycles. The lowest BCUT2D eigenvalue weighted by molar-refractivity contribution is -0.118. The lowest BCUT2D eigenvalue weighted by Gasteiger charge is -2.33. The number of nitrogen functional groups attached to an aromatic ring is 1. The number of piperidine rings is 1. The van der Waals surface area contributed by atoms with Crippen molar-refractivity contribution in [3.05, 3.63) is 90.3 Å². The number of likely N-dealkylation sites (tertiary alicyclic amines) is 1. The van der Waals surface area contributed by atoms with Gasteiger partial charge in [-0.3, -0.25) is 14.3 Å². The first-order valence-electron chi connectivity index (χ1n) is 16.2. The van der Waals surface area contributed by atoms with E-state index >= 15 is 0 Å². The first-order valence-corrected chi connectivity index (χ1v) is 16.2. The van der Waals surface area contributed by atoms with Crippen LogP contribution in [0.1, 0.15) is 47.4 Å². The minimum absolute atomic E-state index is 0.0614. The van der Waals surface area contributed by atoms with Gasteiger partial charge in [-0.25, -0.2) is 14.4 Å². The van der Waals surface area contributed by atoms with Crippen molar-refractivity contribution in [2.24, 2.45) is 0 Å². The van der Waals surface area contributed by atoms with Gasteiger partial charge in [-0.1, -0.05) is 30.3 Å². The molecule has 4 aromatic rings. The molecule has 47 heavy (non-hydrogen) atoms. The number of anilines is 2. The number of nitrogens with one attached hydrogen (secondary N) is 3. The van der Waals surface area contributed by atoms with E-state index in [0.717, 1.165) is 70.8 Å². The molecule has 5 N–H and O–H groups in total. The van der Waals surface area contributed by atoms with Crippen molar-refractivity contribution in [1.82, 2.24) is 40.2 Å². The molecule has 0 radical (unpaired) electrons. The topological polar surface area (TPSA) is 146 Å². The van der Waals surface area contributed by atoms with Gasteiger partial charge < -0.3 is 31.5 Å². The zero-order valence-electron chi connectivity index (χ0n) is 26.3. The van der Waals surface area contributed by atoms with E-state index in [1.54, 1.807) is 30.5 Å². The Hall–Kier alpha value is -4.72. The number of hydrogen-bond donors (Lipinski definition) is 4. The van der Waals surface area contributed by atoms with Crippen LogP contribution in [0.5, 0.6) is 0 Å². The molecule has 0 bridgehead atoms. The fourth-order valence-corrected chi connectivity index (χ4v) is 6.13. The van der Waals surface area contributed by atoms with Gasteiger partial charge in [0.15, 0.2) is 11.5 Å². The van der Waals surface area contributed by atoms with Crippen LogP contribution in [0.15, 0.2) is 73.2 Å². The third kappa shape index (κ3) is 8.36. The maximum Gasteiger partial charge on any atom is 0.274 e. The molecule has 2 saturated heterocycles. The maximum atomic E-state index is 13.5. The van der Waals surface area contributed by atoms with E-state index in [9.17, 15) is 14.0 Å². The van der Waals surface area contributed by atoms with Crippen LogP contribution in [-0.2, 0) is 4.79 Å². The van der Waals surface area contributed by atoms with Gasteiger partial charge in [0, 0.05) is 56.7 Å². The van der Waals surface area contributed by atoms with Crippen molar-refractivity contribution < 1.29 is 14.0 Å². The maximum absolute atomic E-state index is 13.5. The summed E-state index contributed by atoms with van der Waals surface area (Å²) in [5.74, 6) is -1.65. The van der Waals surface area contributed by atoms with E-state index in [4.69, 9.17) is 5.73 Å². The van der Waals surface area contributed by atoms with Crippen molar-refractivity contribution in [1.29, 1.82) is 0 Å². The first kappa shape index (κ1) is 32.2. The van der Waals surface area contributed by atoms with Crippen LogP contribution in [0.4, 0.5) is 15.9 Å². The fourth-order valence-electron chi connectivity index (χ4n) is 6.13. The number of benzene rings is 2. The van der Waals surface area contributed by atoms with Crippen molar-refractivity contribution in [2.45, 2.75) is 31.3 Å². The van der Waals surface area contributed by atoms with Gasteiger partial charge in [0.1, 0.15) is 11.9 Å². The standard InChI is InChI=1S/C34H41FN10O2/c35-26-7-9-27(10-8-26)40-33(46)30(24-5-2-1-3-6-24)42-34(47)31-32(36)38-22-29(41-31)25-21-39-45(23-25)28-11-17-43(18-12-28)15-4-16-44-19-13-37-14-20-44/h1-3,5-10,21-23,28,30,37H,4,11-20H2,(H2,36,38)(H,40,46)(H,42,47)/t30-/m1/s1. The third-order valence-electron chi connectivity index (χ3n) is 8.78. The SMILES string of the molecule is Nc1ncc(-c2cnn(C3CCN(CCCN4CCNCC4)CC3)c2)nc1C(=O)N[C@@H](C(=O)Nc1ccc(F)cc1)c1ccccc1. The van der Waals surface area contributed by atoms with Crippen LogP contribution in [0, 0.1) is 5.82 Å². The molecule has 13 heteroatoms. The minimum Gasteiger partial charge on any atom is -0.382 e. The second-order valence-corrected chi connectivity index (χ2v) is 12.0. The van der Waals surface area contributed by atoms with Crippen LogP contribution in [-0.4, -0.2) is 93.7 Å². The number of rotatable bonds is 11. The normalized spacial score (nSPS) is 16.9. The summed E-state index contributed by atoms with van der Waals surface area (Å²) in [4.78, 5) is 40.7. The Morgan fingerprint density at radius 3 is 2.38 bits per heavy atom. The Bertz CT molecular complexity index is 1630. The number of nitrogens with zero attached hydrogens (tertiary/aromatic N) is 6. The van der Waals surface area contributed by atoms with Crippen LogP contribution < -0.4 is 21.7 Å². The first-order chi connectivity index (χ1) is 22.9. The predicted octanol–water partition coefficient (Wildman–Crippen LogP) is 3.10. The van der Waals surface area contributed by atoms with Gasteiger partial charge in [-0.15, -0.1) is 0 Å². The Balaban J connectivity index is 1.09. The molecule has 2 aromatic heterocycles. The second-order valence-electron chi connectivity index (χ2n) is 12.0. The Labute approximate surface area is 273 Å². The molecule has 0 spiro atoms. The van der Waals surface area contributed by atoms with Crippen LogP contribution in [0.2, 0.25) is 0 Å². The van der Waals surface area contributed by atoms with Gasteiger partial charge in [0.05, 0.1) is 24.1 Å². The van der Waals surface area contributed by atoms with Gasteiger partial charge >= 0.3 is 0 Å². The number of carbonyl (C=O) groups excluding carboxylic acids is 2. The molecule has 0 unspecified atom stereocenters. The van der Waals surface area contributed by atoms with Crippen molar-refractivity contribution in [3.8, 4) is 11.3 Å². The van der Waals surface area contributed by atoms with Crippen molar-refractivity contribution >= 4 is 23.3 Å². The van der Waals surface area contributed by atoms with E-state index < -0.39 is 23.7 Å². The Morgan fingerprint density at radius 1 is 0.957 bits per heavy atom. The fraction of sp³-hybridized carbons (Fsp3) is 0.382. The zero-order chi connectivity index (χ0) is 32.6. The van der Waals surface area contributed by atoms with Gasteiger partial charge in [0.25, 0.3) is 11.8 Å². The molecule has 0 aliphatic carbocycles. The number of aromatic nitrogens is 4. The highest BCUT2D eigenvalue weighted by Gasteiger charge is 2.27. The summed E-state index contributed by atoms with van der Waals surface area (Å²) in [5, 5.41) is 13.5. The van der Waals surface area contributed by atoms with Gasteiger partial charge in [-0.2, -0.15) is 5.10 Å². The number of halogens is 1. The predicted molar refractivity (Wildman–Crippen MR) is 178 cm³/mol. The summed E-state index contributed by atoms with van der Waals surface area (Å²) in [5.41, 5.74) is 8.12. The lowest BCUT2D eigenvalue weighted by Crippen LogP contribution is -2.44. The van der Waals surface area contributed by atoms with E-state index in [1.807, 2.05) is 16.9 Å². The molecule has 2 aliphatic rings. The molecule has 2 amide bonds. The molecule has 6 rings (SSSR count). The van der Waals surface area contributed by atoms with E-state index in [-0.39, 0.29) is 17.6 Å². The monoisotopic (exact) mass is 640 g/mol. The summed E-state index contributed by atoms with van der Waals surface area (Å²) in [7, 11) is 0. The quantitative estimate of drug-likeness (QED) is 0.194. The minimum atomic E-state index is -1.07. The summed E-state index contributed by atoms with van der Waals surface area (Å²) in [6.07, 6.45) is 8.39. The molecule has 246 valence electrons. The second kappa shape index (κ2) is 15.2. The van der Waals surface area contributed by atoms with E-state index in [2.05, 4.69) is 40.8 Å². The van der Waals surface area contributed by atoms with E-state index in [1.165, 1.54) is 36.9 Å². The summed E-state index contributed by atoms with van der Waals surface area (Å²) in [6, 6.07) is 13.4. The molecule has 2 aromatic carbocycles. The summed E-state index contributed by atoms with van der Waals surface area (Å²) < 4.78 is 15.4. The summed E-state index contributed by atoms with van der Waals surface area (Å²) in [6.45, 7) is 8.78. The highest BCUT2D eigenvalue weighted by Crippen LogP contribution is 2.26. The molecule has 2 aliphatic heterocycles. The third-order valence-corrected chi connectivity index (χ3v) is 8.78. The average Bonchev–Trinajstić information content (AvgIpc) is 3.60. The molecule has 12 nitrogen and oxygen atoms in total. The zero-order valence-corrected chi connectivity index (χ0v) is 26.3. The molecule has 2 fully saturated rings. The smallest absolute Gasteiger partial charge is 0.274 e.